The molecule has 2 aromatic rings. The number of nitrogens with one attached hydrogen (secondary N) is 1. The van der Waals surface area contributed by atoms with E-state index in [-0.39, 0.29) is 0 Å². The van der Waals surface area contributed by atoms with Gasteiger partial charge in [-0.05, 0) is 38.3 Å². The van der Waals surface area contributed by atoms with E-state index in [1.807, 2.05) is 31.2 Å². The van der Waals surface area contributed by atoms with Crippen molar-refractivity contribution in [2.24, 2.45) is 0 Å². The topological polar surface area (TPSA) is 37.8 Å². The molecular weight excluding hydrogens is 222 g/mol. The third-order valence-corrected chi connectivity index (χ3v) is 3.35. The average molecular weight is 239 g/mol. The smallest absolute Gasteiger partial charge is 0.148 e. The van der Waals surface area contributed by atoms with Gasteiger partial charge < -0.3 is 5.32 Å². The van der Waals surface area contributed by atoms with Crippen LogP contribution in [0.25, 0.3) is 11.0 Å². The Morgan fingerprint density at radius 3 is 2.61 bits per heavy atom. The van der Waals surface area contributed by atoms with E-state index >= 15 is 0 Å². The lowest BCUT2D eigenvalue weighted by Gasteiger charge is -2.20. The normalized spacial score (nSPS) is 19.1. The first-order chi connectivity index (χ1) is 8.83. The van der Waals surface area contributed by atoms with E-state index in [0.29, 0.717) is 6.04 Å². The molecule has 0 saturated heterocycles. The first kappa shape index (κ1) is 11.2. The highest BCUT2D eigenvalue weighted by Crippen LogP contribution is 2.20. The zero-order chi connectivity index (χ0) is 12.4. The molecule has 0 bridgehead atoms. The minimum Gasteiger partial charge on any atom is -0.365 e. The molecule has 1 N–H and O–H groups in total. The molecule has 1 unspecified atom stereocenters. The number of para-hydroxylation sites is 2. The van der Waals surface area contributed by atoms with Crippen molar-refractivity contribution in [3.05, 3.63) is 42.1 Å². The molecule has 18 heavy (non-hydrogen) atoms. The number of benzene rings is 1. The summed E-state index contributed by atoms with van der Waals surface area (Å²) < 4.78 is 0. The third kappa shape index (κ3) is 2.21. The van der Waals surface area contributed by atoms with E-state index in [1.165, 1.54) is 6.42 Å². The number of hydrogen-bond donors (Lipinski definition) is 1. The van der Waals surface area contributed by atoms with Gasteiger partial charge in [-0.2, -0.15) is 0 Å². The molecular formula is C15H17N3. The van der Waals surface area contributed by atoms with E-state index in [2.05, 4.69) is 27.4 Å². The number of aryl methyl sites for hydroxylation is 1. The number of fused-ring (bicyclic) bond motifs is 1. The number of allylic oxidation sites excluding steroid dienone is 1. The molecule has 0 amide bonds. The molecule has 1 aromatic carbocycles. The Labute approximate surface area is 107 Å². The van der Waals surface area contributed by atoms with Crippen molar-refractivity contribution in [2.45, 2.75) is 32.2 Å². The van der Waals surface area contributed by atoms with Crippen LogP contribution in [0.1, 0.15) is 25.0 Å². The van der Waals surface area contributed by atoms with Gasteiger partial charge in [0.1, 0.15) is 5.82 Å². The van der Waals surface area contributed by atoms with Crippen molar-refractivity contribution in [3.8, 4) is 0 Å². The highest BCUT2D eigenvalue weighted by molar-refractivity contribution is 5.76. The van der Waals surface area contributed by atoms with Gasteiger partial charge in [-0.25, -0.2) is 9.97 Å². The fourth-order valence-corrected chi connectivity index (χ4v) is 2.34. The van der Waals surface area contributed by atoms with Gasteiger partial charge in [0, 0.05) is 6.04 Å². The lowest BCUT2D eigenvalue weighted by atomic mass is 10.0. The predicted molar refractivity (Wildman–Crippen MR) is 74.7 cm³/mol. The minimum atomic E-state index is 0.490. The number of hydrogen-bond acceptors (Lipinski definition) is 3. The van der Waals surface area contributed by atoms with Crippen molar-refractivity contribution in [1.82, 2.24) is 9.97 Å². The zero-order valence-electron chi connectivity index (χ0n) is 10.6. The molecule has 3 heteroatoms. The highest BCUT2D eigenvalue weighted by atomic mass is 15.0. The van der Waals surface area contributed by atoms with E-state index < -0.39 is 0 Å². The van der Waals surface area contributed by atoms with Crippen LogP contribution in [-0.2, 0) is 0 Å². The molecule has 0 radical (unpaired) electrons. The Morgan fingerprint density at radius 1 is 1.11 bits per heavy atom. The first-order valence-corrected chi connectivity index (χ1v) is 6.48. The summed E-state index contributed by atoms with van der Waals surface area (Å²) in [6.07, 6.45) is 7.89. The van der Waals surface area contributed by atoms with Crippen LogP contribution in [0.15, 0.2) is 36.4 Å². The quantitative estimate of drug-likeness (QED) is 0.815. The monoisotopic (exact) mass is 239 g/mol. The Balaban J connectivity index is 1.91. The molecule has 1 heterocycles. The van der Waals surface area contributed by atoms with Gasteiger partial charge in [-0.1, -0.05) is 24.3 Å². The largest absolute Gasteiger partial charge is 0.365 e. The van der Waals surface area contributed by atoms with E-state index in [0.717, 1.165) is 35.4 Å². The van der Waals surface area contributed by atoms with Crippen LogP contribution in [0, 0.1) is 6.92 Å². The Morgan fingerprint density at radius 2 is 1.89 bits per heavy atom. The summed E-state index contributed by atoms with van der Waals surface area (Å²) in [5.41, 5.74) is 2.89. The standard InChI is InChI=1S/C15H17N3/c1-11-15(17-12-7-3-2-4-8-12)18-14-10-6-5-9-13(14)16-11/h2-3,5-6,9-10,12H,4,7-8H2,1H3,(H,17,18). The third-order valence-electron chi connectivity index (χ3n) is 3.35. The summed E-state index contributed by atoms with van der Waals surface area (Å²) >= 11 is 0. The van der Waals surface area contributed by atoms with Crippen molar-refractivity contribution >= 4 is 16.9 Å². The molecule has 3 rings (SSSR count). The SMILES string of the molecule is Cc1nc2ccccc2nc1NC1CC=CCC1. The number of anilines is 1. The molecule has 0 aliphatic heterocycles. The molecule has 1 aliphatic carbocycles. The van der Waals surface area contributed by atoms with Crippen LogP contribution < -0.4 is 5.32 Å². The van der Waals surface area contributed by atoms with Crippen LogP contribution in [-0.4, -0.2) is 16.0 Å². The number of aromatic nitrogens is 2. The van der Waals surface area contributed by atoms with Gasteiger partial charge in [-0.3, -0.25) is 0 Å². The Bertz CT molecular complexity index is 589. The molecule has 0 spiro atoms. The van der Waals surface area contributed by atoms with E-state index in [9.17, 15) is 0 Å². The van der Waals surface area contributed by atoms with Gasteiger partial charge in [0.25, 0.3) is 0 Å². The maximum Gasteiger partial charge on any atom is 0.148 e. The van der Waals surface area contributed by atoms with Gasteiger partial charge in [-0.15, -0.1) is 0 Å². The van der Waals surface area contributed by atoms with Crippen LogP contribution in [0.2, 0.25) is 0 Å². The van der Waals surface area contributed by atoms with E-state index in [1.54, 1.807) is 0 Å². The van der Waals surface area contributed by atoms with Gasteiger partial charge >= 0.3 is 0 Å². The summed E-state index contributed by atoms with van der Waals surface area (Å²) in [5.74, 6) is 0.925. The molecule has 3 nitrogen and oxygen atoms in total. The fourth-order valence-electron chi connectivity index (χ4n) is 2.34. The molecule has 1 aromatic heterocycles. The molecule has 0 fully saturated rings. The van der Waals surface area contributed by atoms with Crippen LogP contribution in [0.5, 0.6) is 0 Å². The zero-order valence-corrected chi connectivity index (χ0v) is 10.6. The molecule has 1 atom stereocenters. The number of rotatable bonds is 2. The van der Waals surface area contributed by atoms with E-state index in [4.69, 9.17) is 0 Å². The second-order valence-corrected chi connectivity index (χ2v) is 4.77. The fraction of sp³-hybridized carbons (Fsp3) is 0.333. The minimum absolute atomic E-state index is 0.490. The van der Waals surface area contributed by atoms with Crippen molar-refractivity contribution in [3.63, 3.8) is 0 Å². The Kier molecular flexibility index (Phi) is 2.97. The summed E-state index contributed by atoms with van der Waals surface area (Å²) in [4.78, 5) is 9.27. The van der Waals surface area contributed by atoms with Crippen LogP contribution in [0.4, 0.5) is 5.82 Å². The lowest BCUT2D eigenvalue weighted by Crippen LogP contribution is -2.21. The molecule has 92 valence electrons. The van der Waals surface area contributed by atoms with Crippen LogP contribution in [0.3, 0.4) is 0 Å². The Hall–Kier alpha value is -1.90. The van der Waals surface area contributed by atoms with Crippen molar-refractivity contribution < 1.29 is 0 Å². The van der Waals surface area contributed by atoms with Gasteiger partial charge in [0.2, 0.25) is 0 Å². The van der Waals surface area contributed by atoms with Crippen LogP contribution >= 0.6 is 0 Å². The van der Waals surface area contributed by atoms with Gasteiger partial charge in [0.05, 0.1) is 16.7 Å². The lowest BCUT2D eigenvalue weighted by molar-refractivity contribution is 0.641. The molecule has 1 aliphatic rings. The highest BCUT2D eigenvalue weighted by Gasteiger charge is 2.12. The van der Waals surface area contributed by atoms with Crippen molar-refractivity contribution in [2.75, 3.05) is 5.32 Å². The summed E-state index contributed by atoms with van der Waals surface area (Å²) in [6.45, 7) is 2.01. The first-order valence-electron chi connectivity index (χ1n) is 6.48. The maximum atomic E-state index is 4.67. The summed E-state index contributed by atoms with van der Waals surface area (Å²) in [6, 6.07) is 8.50. The predicted octanol–water partition coefficient (Wildman–Crippen LogP) is 3.46. The summed E-state index contributed by atoms with van der Waals surface area (Å²) in [5, 5.41) is 3.52. The summed E-state index contributed by atoms with van der Waals surface area (Å²) in [7, 11) is 0. The maximum absolute atomic E-state index is 4.67. The second-order valence-electron chi connectivity index (χ2n) is 4.77. The average Bonchev–Trinajstić information content (AvgIpc) is 2.41. The van der Waals surface area contributed by atoms with Crippen molar-refractivity contribution in [1.29, 1.82) is 0 Å². The number of nitrogens with zero attached hydrogens (tertiary/aromatic N) is 2. The second kappa shape index (κ2) is 4.77. The molecule has 0 saturated carbocycles. The van der Waals surface area contributed by atoms with Gasteiger partial charge in [0.15, 0.2) is 0 Å².